The summed E-state index contributed by atoms with van der Waals surface area (Å²) in [4.78, 5) is 31.2. The summed E-state index contributed by atoms with van der Waals surface area (Å²) < 4.78 is 50.3. The van der Waals surface area contributed by atoms with E-state index >= 15 is 4.39 Å². The first-order chi connectivity index (χ1) is 21.9. The van der Waals surface area contributed by atoms with Gasteiger partial charge in [-0.3, -0.25) is 15.0 Å². The number of fused-ring (bicyclic) bond motifs is 1. The van der Waals surface area contributed by atoms with Crippen molar-refractivity contribution in [3.05, 3.63) is 39.4 Å². The van der Waals surface area contributed by atoms with E-state index in [1.807, 2.05) is 6.92 Å². The number of halogens is 4. The van der Waals surface area contributed by atoms with Gasteiger partial charge in [-0.05, 0) is 49.1 Å². The van der Waals surface area contributed by atoms with E-state index in [1.165, 1.54) is 7.05 Å². The molecule has 2 amide bonds. The summed E-state index contributed by atoms with van der Waals surface area (Å²) in [5.74, 6) is 3.17. The van der Waals surface area contributed by atoms with E-state index in [-0.39, 0.29) is 59.0 Å². The van der Waals surface area contributed by atoms with Gasteiger partial charge in [-0.15, -0.1) is 10.2 Å². The Bertz CT molecular complexity index is 1600. The molecule has 1 aromatic heterocycles. The van der Waals surface area contributed by atoms with Crippen molar-refractivity contribution in [2.24, 2.45) is 40.0 Å². The highest BCUT2D eigenvalue weighted by atomic mass is 35.5. The first-order valence-corrected chi connectivity index (χ1v) is 15.9. The highest BCUT2D eigenvalue weighted by molar-refractivity contribution is 6.31. The molecule has 3 fully saturated rings. The van der Waals surface area contributed by atoms with Gasteiger partial charge in [0.1, 0.15) is 18.0 Å². The Hall–Kier alpha value is -3.75. The van der Waals surface area contributed by atoms with E-state index in [0.29, 0.717) is 36.9 Å². The molecule has 248 valence electrons. The zero-order valence-corrected chi connectivity index (χ0v) is 26.5. The van der Waals surface area contributed by atoms with Crippen LogP contribution in [0, 0.1) is 28.0 Å². The third-order valence-corrected chi connectivity index (χ3v) is 10.7. The van der Waals surface area contributed by atoms with Gasteiger partial charge in [0.25, 0.3) is 6.43 Å². The van der Waals surface area contributed by atoms with E-state index in [2.05, 4.69) is 20.6 Å². The van der Waals surface area contributed by atoms with E-state index in [0.717, 1.165) is 36.4 Å². The topological polar surface area (TPSA) is 155 Å². The van der Waals surface area contributed by atoms with E-state index in [1.54, 1.807) is 9.80 Å². The van der Waals surface area contributed by atoms with Gasteiger partial charge < -0.3 is 20.4 Å². The quantitative estimate of drug-likeness (QED) is 0.132. The fourth-order valence-corrected chi connectivity index (χ4v) is 7.87. The van der Waals surface area contributed by atoms with Crippen molar-refractivity contribution in [2.45, 2.75) is 77.4 Å². The molecular formula is C30H37ClF3N9O3. The van der Waals surface area contributed by atoms with E-state index in [9.17, 15) is 18.4 Å². The number of ether oxygens (including phenoxy) is 1. The molecule has 3 heterocycles. The number of aryl methyl sites for hydroxylation is 1. The second kappa shape index (κ2) is 12.1. The molecule has 2 saturated carbocycles. The van der Waals surface area contributed by atoms with E-state index in [4.69, 9.17) is 27.6 Å². The number of nitrogens with one attached hydrogen (secondary N) is 1. The number of amides is 2. The lowest BCUT2D eigenvalue weighted by atomic mass is 9.66. The monoisotopic (exact) mass is 663 g/mol. The normalized spacial score (nSPS) is 25.5. The minimum Gasteiger partial charge on any atom is -0.484 e. The molecule has 4 aliphatic rings. The molecule has 2 aliphatic heterocycles. The van der Waals surface area contributed by atoms with Gasteiger partial charge >= 0.3 is 0 Å². The lowest BCUT2D eigenvalue weighted by Crippen LogP contribution is -2.52. The number of amidine groups is 1. The molecule has 6 rings (SSSR count). The molecule has 0 radical (unpaired) electrons. The smallest absolute Gasteiger partial charge is 0.282 e. The van der Waals surface area contributed by atoms with Crippen LogP contribution in [0.5, 0.6) is 5.75 Å². The molecule has 1 saturated heterocycles. The van der Waals surface area contributed by atoms with Gasteiger partial charge in [0, 0.05) is 49.1 Å². The number of nitrogens with two attached hydrogens (primary N) is 1. The van der Waals surface area contributed by atoms with Crippen LogP contribution >= 0.6 is 11.6 Å². The minimum absolute atomic E-state index is 0.0456. The summed E-state index contributed by atoms with van der Waals surface area (Å²) in [6, 6.07) is 0.261. The van der Waals surface area contributed by atoms with Crippen molar-refractivity contribution in [1.82, 2.24) is 24.8 Å². The zero-order valence-electron chi connectivity index (χ0n) is 25.7. The van der Waals surface area contributed by atoms with Gasteiger partial charge in [0.15, 0.2) is 17.4 Å². The highest BCUT2D eigenvalue weighted by Gasteiger charge is 2.53. The Balaban J connectivity index is 1.41. The van der Waals surface area contributed by atoms with Crippen LogP contribution in [0.4, 0.5) is 13.2 Å². The highest BCUT2D eigenvalue weighted by Crippen LogP contribution is 2.54. The van der Waals surface area contributed by atoms with Gasteiger partial charge in [-0.25, -0.2) is 17.9 Å². The minimum atomic E-state index is -2.89. The number of hydrogen-bond donors (Lipinski definition) is 2. The molecule has 2 aliphatic carbocycles. The maximum atomic E-state index is 15.9. The fourth-order valence-electron chi connectivity index (χ4n) is 7.58. The lowest BCUT2D eigenvalue weighted by Gasteiger charge is -2.46. The Morgan fingerprint density at radius 2 is 2.07 bits per heavy atom. The van der Waals surface area contributed by atoms with Gasteiger partial charge in [0.2, 0.25) is 11.8 Å². The number of carbonyl (C=O) groups excluding carboxylic acids is 2. The summed E-state index contributed by atoms with van der Waals surface area (Å²) in [6.07, 6.45) is 2.26. The van der Waals surface area contributed by atoms with Crippen LogP contribution < -0.4 is 10.6 Å². The molecule has 2 aromatic rings. The van der Waals surface area contributed by atoms with Crippen LogP contribution in [0.15, 0.2) is 16.4 Å². The van der Waals surface area contributed by atoms with Crippen molar-refractivity contribution in [1.29, 1.82) is 5.41 Å². The first-order valence-electron chi connectivity index (χ1n) is 15.5. The summed E-state index contributed by atoms with van der Waals surface area (Å²) in [5, 5.41) is 23.3. The van der Waals surface area contributed by atoms with Crippen LogP contribution in [0.2, 0.25) is 5.02 Å². The molecule has 12 nitrogen and oxygen atoms in total. The predicted molar refractivity (Wildman–Crippen MR) is 160 cm³/mol. The second-order valence-corrected chi connectivity index (χ2v) is 13.6. The molecule has 1 aromatic carbocycles. The second-order valence-electron chi connectivity index (χ2n) is 13.2. The molecule has 3 atom stereocenters. The average Bonchev–Trinajstić information content (AvgIpc) is 3.54. The summed E-state index contributed by atoms with van der Waals surface area (Å²) in [5.41, 5.74) is -0.764. The van der Waals surface area contributed by atoms with Crippen LogP contribution in [0.3, 0.4) is 0 Å². The largest absolute Gasteiger partial charge is 0.484 e. The maximum absolute atomic E-state index is 15.9. The Kier molecular flexibility index (Phi) is 8.49. The molecule has 0 unspecified atom stereocenters. The Morgan fingerprint density at radius 1 is 1.30 bits per heavy atom. The lowest BCUT2D eigenvalue weighted by molar-refractivity contribution is -0.144. The number of rotatable bonds is 8. The van der Waals surface area contributed by atoms with Gasteiger partial charge in [-0.2, -0.15) is 0 Å². The Morgan fingerprint density at radius 3 is 2.74 bits per heavy atom. The SMILES string of the molecule is Cn1nnc(COc2c(F)cc(Cl)c3c2[C@@H](CN2CC4(CC4)CC2=O)N(C(=O)[C@@H]2CCCC[C@]2(C)C(=N)N=NN)CC3)c1C(F)F. The molecule has 3 N–H and O–H groups in total. The number of hydrogen-bond acceptors (Lipinski definition) is 7. The number of carbonyl (C=O) groups is 2. The molecular weight excluding hydrogens is 627 g/mol. The van der Waals surface area contributed by atoms with Crippen LogP contribution in [0.1, 0.15) is 86.9 Å². The molecule has 46 heavy (non-hydrogen) atoms. The van der Waals surface area contributed by atoms with Crippen molar-refractivity contribution in [2.75, 3.05) is 19.6 Å². The standard InChI is InChI=1S/C30H37ClF3N9O3/c1-29(28(35)38-39-36)7-4-3-5-17(29)27(45)43-10-6-16-18(31)11-19(32)25(46-14-20-24(26(33)34)41(2)40-37-20)23(16)21(43)13-42-15-30(8-9-30)12-22(42)44/h11,17,21,26H,3-10,12-15H2,1-2H3,(H3,35,36,38)/t17-,21+,29-/m0/s1. The van der Waals surface area contributed by atoms with Crippen molar-refractivity contribution in [3.8, 4) is 5.75 Å². The van der Waals surface area contributed by atoms with Crippen LogP contribution in [-0.2, 0) is 29.7 Å². The summed E-state index contributed by atoms with van der Waals surface area (Å²) in [6.45, 7) is 2.14. The summed E-state index contributed by atoms with van der Waals surface area (Å²) >= 11 is 6.60. The van der Waals surface area contributed by atoms with Crippen LogP contribution in [-0.4, -0.2) is 62.1 Å². The zero-order chi connectivity index (χ0) is 33.0. The van der Waals surface area contributed by atoms with Gasteiger partial charge in [0.05, 0.1) is 12.0 Å². The summed E-state index contributed by atoms with van der Waals surface area (Å²) in [7, 11) is 1.33. The third-order valence-electron chi connectivity index (χ3n) is 10.4. The number of nitrogens with zero attached hydrogens (tertiary/aromatic N) is 7. The molecule has 1 spiro atoms. The van der Waals surface area contributed by atoms with Crippen molar-refractivity contribution in [3.63, 3.8) is 0 Å². The number of benzene rings is 1. The van der Waals surface area contributed by atoms with E-state index < -0.39 is 41.9 Å². The first kappa shape index (κ1) is 32.2. The number of likely N-dealkylation sites (tertiary alicyclic amines) is 1. The van der Waals surface area contributed by atoms with Crippen molar-refractivity contribution >= 4 is 29.3 Å². The molecule has 16 heteroatoms. The van der Waals surface area contributed by atoms with Crippen LogP contribution in [0.25, 0.3) is 0 Å². The maximum Gasteiger partial charge on any atom is 0.282 e. The number of aromatic nitrogens is 3. The number of alkyl halides is 2. The van der Waals surface area contributed by atoms with Gasteiger partial charge in [-0.1, -0.05) is 41.8 Å². The van der Waals surface area contributed by atoms with Crippen molar-refractivity contribution < 1.29 is 27.5 Å². The third kappa shape index (κ3) is 5.60. The molecule has 0 bridgehead atoms. The predicted octanol–water partition coefficient (Wildman–Crippen LogP) is 5.06. The Labute approximate surface area is 268 Å². The average molecular weight is 664 g/mol. The fraction of sp³-hybridized carbons (Fsp3) is 0.633.